The van der Waals surface area contributed by atoms with Gasteiger partial charge in [-0.2, -0.15) is 0 Å². The average molecular weight is 204 g/mol. The van der Waals surface area contributed by atoms with Crippen molar-refractivity contribution in [2.75, 3.05) is 12.5 Å². The van der Waals surface area contributed by atoms with Gasteiger partial charge in [-0.3, -0.25) is 0 Å². The summed E-state index contributed by atoms with van der Waals surface area (Å²) in [6, 6.07) is 0. The van der Waals surface area contributed by atoms with Crippen LogP contribution in [0.15, 0.2) is 0 Å². The van der Waals surface area contributed by atoms with Crippen molar-refractivity contribution in [3.63, 3.8) is 0 Å². The van der Waals surface area contributed by atoms with E-state index < -0.39 is 0 Å². The minimum atomic E-state index is 0.570. The van der Waals surface area contributed by atoms with Crippen LogP contribution in [0.4, 0.5) is 0 Å². The summed E-state index contributed by atoms with van der Waals surface area (Å²) in [5.74, 6) is 0. The highest BCUT2D eigenvalue weighted by atomic mass is 32.2. The summed E-state index contributed by atoms with van der Waals surface area (Å²) in [4.78, 5) is 0. The average Bonchev–Trinajstić information content (AvgIpc) is 2.06. The fraction of sp³-hybridized carbons (Fsp3) is 1.00. The quantitative estimate of drug-likeness (QED) is 0.620. The van der Waals surface area contributed by atoms with Crippen LogP contribution in [-0.2, 0) is 0 Å². The summed E-state index contributed by atoms with van der Waals surface area (Å²) in [6.07, 6.45) is 14.7. The first kappa shape index (κ1) is 10.8. The number of rotatable bonds is 2. The van der Waals surface area contributed by atoms with Crippen molar-refractivity contribution in [1.82, 2.24) is 0 Å². The molecule has 0 aliphatic heterocycles. The molecule has 0 spiro atoms. The van der Waals surface area contributed by atoms with Gasteiger partial charge >= 0.3 is 0 Å². The van der Waals surface area contributed by atoms with E-state index in [0.29, 0.717) is 4.08 Å². The van der Waals surface area contributed by atoms with E-state index in [1.165, 1.54) is 44.9 Å². The predicted molar refractivity (Wildman–Crippen MR) is 62.1 cm³/mol. The lowest BCUT2D eigenvalue weighted by molar-refractivity contribution is 0.495. The summed E-state index contributed by atoms with van der Waals surface area (Å²) >= 11 is 4.16. The molecule has 1 aliphatic carbocycles. The lowest BCUT2D eigenvalue weighted by Gasteiger charge is -2.31. The second-order valence-electron chi connectivity index (χ2n) is 3.59. The van der Waals surface area contributed by atoms with Crippen LogP contribution >= 0.6 is 23.5 Å². The number of hydrogen-bond donors (Lipinski definition) is 0. The maximum absolute atomic E-state index is 2.28. The molecule has 0 heterocycles. The lowest BCUT2D eigenvalue weighted by Crippen LogP contribution is -2.20. The maximum atomic E-state index is 2.28. The van der Waals surface area contributed by atoms with E-state index in [9.17, 15) is 0 Å². The molecule has 0 unspecified atom stereocenters. The molecule has 0 aromatic carbocycles. The van der Waals surface area contributed by atoms with E-state index >= 15 is 0 Å². The van der Waals surface area contributed by atoms with Gasteiger partial charge in [-0.25, -0.2) is 0 Å². The minimum absolute atomic E-state index is 0.570. The second kappa shape index (κ2) is 5.43. The molecule has 1 saturated carbocycles. The van der Waals surface area contributed by atoms with E-state index in [1.54, 1.807) is 0 Å². The first-order chi connectivity index (χ1) is 5.83. The van der Waals surface area contributed by atoms with Gasteiger partial charge in [0.15, 0.2) is 0 Å². The molecular formula is C10H20S2. The molecule has 1 fully saturated rings. The number of thioether (sulfide) groups is 2. The Balaban J connectivity index is 2.45. The zero-order valence-corrected chi connectivity index (χ0v) is 9.90. The second-order valence-corrected chi connectivity index (χ2v) is 6.22. The summed E-state index contributed by atoms with van der Waals surface area (Å²) in [5.41, 5.74) is 0. The normalized spacial score (nSPS) is 24.5. The molecule has 2 heteroatoms. The maximum Gasteiger partial charge on any atom is 0.0605 e. The van der Waals surface area contributed by atoms with Gasteiger partial charge in [0.1, 0.15) is 0 Å². The highest BCUT2D eigenvalue weighted by Gasteiger charge is 2.27. The van der Waals surface area contributed by atoms with E-state index in [2.05, 4.69) is 36.0 Å². The molecule has 0 aromatic rings. The molecule has 12 heavy (non-hydrogen) atoms. The van der Waals surface area contributed by atoms with Crippen LogP contribution < -0.4 is 0 Å². The molecule has 0 atom stereocenters. The van der Waals surface area contributed by atoms with Crippen molar-refractivity contribution >= 4 is 23.5 Å². The smallest absolute Gasteiger partial charge is 0.0605 e. The third-order valence-corrected chi connectivity index (χ3v) is 6.16. The number of hydrogen-bond acceptors (Lipinski definition) is 2. The van der Waals surface area contributed by atoms with Gasteiger partial charge in [0.2, 0.25) is 0 Å². The Morgan fingerprint density at radius 1 is 0.750 bits per heavy atom. The summed E-state index contributed by atoms with van der Waals surface area (Å²) in [6.45, 7) is 0. The summed E-state index contributed by atoms with van der Waals surface area (Å²) < 4.78 is 0.570. The Hall–Kier alpha value is 0.700. The fourth-order valence-corrected chi connectivity index (χ4v) is 4.00. The van der Waals surface area contributed by atoms with Gasteiger partial charge < -0.3 is 0 Å². The van der Waals surface area contributed by atoms with Crippen molar-refractivity contribution in [2.45, 2.75) is 49.0 Å². The standard InChI is InChI=1S/C10H20S2/c1-11-10(12-2)8-6-4-3-5-7-9-10/h3-9H2,1-2H3. The molecule has 0 bridgehead atoms. The molecule has 0 aromatic heterocycles. The van der Waals surface area contributed by atoms with Gasteiger partial charge in [0, 0.05) is 0 Å². The predicted octanol–water partition coefficient (Wildman–Crippen LogP) is 4.15. The Morgan fingerprint density at radius 2 is 1.17 bits per heavy atom. The zero-order chi connectivity index (χ0) is 8.86. The molecular weight excluding hydrogens is 184 g/mol. The van der Waals surface area contributed by atoms with Crippen molar-refractivity contribution < 1.29 is 0 Å². The summed E-state index contributed by atoms with van der Waals surface area (Å²) in [7, 11) is 0. The minimum Gasteiger partial charge on any atom is -0.148 e. The summed E-state index contributed by atoms with van der Waals surface area (Å²) in [5, 5.41) is 0. The van der Waals surface area contributed by atoms with Gasteiger partial charge in [-0.1, -0.05) is 32.1 Å². The van der Waals surface area contributed by atoms with Crippen LogP contribution in [0.3, 0.4) is 0 Å². The van der Waals surface area contributed by atoms with E-state index in [4.69, 9.17) is 0 Å². The first-order valence-corrected chi connectivity index (χ1v) is 7.38. The molecule has 1 aliphatic rings. The molecule has 0 N–H and O–H groups in total. The topological polar surface area (TPSA) is 0 Å². The Morgan fingerprint density at radius 3 is 1.58 bits per heavy atom. The van der Waals surface area contributed by atoms with Crippen molar-refractivity contribution in [2.24, 2.45) is 0 Å². The van der Waals surface area contributed by atoms with Gasteiger partial charge in [0.05, 0.1) is 4.08 Å². The van der Waals surface area contributed by atoms with Crippen LogP contribution in [0.25, 0.3) is 0 Å². The molecule has 0 saturated heterocycles. The SMILES string of the molecule is CSC1(SC)CCCCCCC1. The third kappa shape index (κ3) is 2.88. The Bertz CT molecular complexity index is 109. The van der Waals surface area contributed by atoms with Crippen LogP contribution in [0.1, 0.15) is 44.9 Å². The molecule has 0 nitrogen and oxygen atoms in total. The highest BCUT2D eigenvalue weighted by molar-refractivity contribution is 8.17. The van der Waals surface area contributed by atoms with Crippen LogP contribution in [-0.4, -0.2) is 16.6 Å². The van der Waals surface area contributed by atoms with Crippen LogP contribution in [0.2, 0.25) is 0 Å². The molecule has 0 amide bonds. The Labute approximate surface area is 85.3 Å². The van der Waals surface area contributed by atoms with E-state index in [1.807, 2.05) is 0 Å². The zero-order valence-electron chi connectivity index (χ0n) is 8.27. The highest BCUT2D eigenvalue weighted by Crippen LogP contribution is 2.44. The van der Waals surface area contributed by atoms with Crippen molar-refractivity contribution in [3.05, 3.63) is 0 Å². The van der Waals surface area contributed by atoms with Gasteiger partial charge in [0.25, 0.3) is 0 Å². The lowest BCUT2D eigenvalue weighted by atomic mass is 10.00. The first-order valence-electron chi connectivity index (χ1n) is 4.93. The molecule has 1 rings (SSSR count). The monoisotopic (exact) mass is 204 g/mol. The van der Waals surface area contributed by atoms with Crippen LogP contribution in [0.5, 0.6) is 0 Å². The molecule has 0 radical (unpaired) electrons. The molecule has 72 valence electrons. The van der Waals surface area contributed by atoms with E-state index in [-0.39, 0.29) is 0 Å². The van der Waals surface area contributed by atoms with Gasteiger partial charge in [-0.05, 0) is 25.4 Å². The fourth-order valence-electron chi connectivity index (χ4n) is 1.94. The van der Waals surface area contributed by atoms with Crippen LogP contribution in [0, 0.1) is 0 Å². The third-order valence-electron chi connectivity index (χ3n) is 2.86. The van der Waals surface area contributed by atoms with E-state index in [0.717, 1.165) is 0 Å². The Kier molecular flexibility index (Phi) is 4.88. The van der Waals surface area contributed by atoms with Gasteiger partial charge in [-0.15, -0.1) is 23.5 Å². The van der Waals surface area contributed by atoms with Crippen molar-refractivity contribution in [1.29, 1.82) is 0 Å². The largest absolute Gasteiger partial charge is 0.148 e. The van der Waals surface area contributed by atoms with Crippen molar-refractivity contribution in [3.8, 4) is 0 Å².